The largest absolute Gasteiger partial charge is 0.456 e. The summed E-state index contributed by atoms with van der Waals surface area (Å²) in [5, 5.41) is 6.32. The first kappa shape index (κ1) is 27.9. The van der Waals surface area contributed by atoms with E-state index in [9.17, 15) is 0 Å². The van der Waals surface area contributed by atoms with Crippen molar-refractivity contribution < 1.29 is 13.3 Å². The van der Waals surface area contributed by atoms with E-state index < -0.39 is 0 Å². The molecule has 0 fully saturated rings. The van der Waals surface area contributed by atoms with Crippen LogP contribution < -0.4 is 0 Å². The number of furan rings is 3. The third-order valence-electron chi connectivity index (χ3n) is 9.77. The minimum Gasteiger partial charge on any atom is -0.456 e. The average molecular weight is 656 g/mol. The standard InChI is InChI=1S/C45H25N3O3/c1-4-14-35-30(9-1)31-24-23-28(25-40(31)51-35)44-46-43(47-45(48-44)34-13-8-18-39-42(34)33-11-3-6-16-37(33)50-39)27-21-19-26(20-22-27)29-12-7-17-38-41(29)32-10-2-5-15-36(32)49-38/h1-25H. The Morgan fingerprint density at radius 2 is 0.745 bits per heavy atom. The van der Waals surface area contributed by atoms with Crippen molar-refractivity contribution in [3.63, 3.8) is 0 Å². The van der Waals surface area contributed by atoms with Gasteiger partial charge in [0.15, 0.2) is 17.5 Å². The van der Waals surface area contributed by atoms with Crippen LogP contribution in [-0.4, -0.2) is 15.0 Å². The predicted octanol–water partition coefficient (Wildman–Crippen LogP) is 12.2. The Labute approximate surface area is 290 Å². The smallest absolute Gasteiger partial charge is 0.164 e. The minimum absolute atomic E-state index is 0.556. The van der Waals surface area contributed by atoms with Gasteiger partial charge in [-0.1, -0.05) is 109 Å². The Morgan fingerprint density at radius 1 is 0.294 bits per heavy atom. The van der Waals surface area contributed by atoms with Crippen LogP contribution in [0.2, 0.25) is 0 Å². The van der Waals surface area contributed by atoms with Crippen LogP contribution in [0.25, 0.3) is 111 Å². The van der Waals surface area contributed by atoms with Gasteiger partial charge < -0.3 is 13.3 Å². The van der Waals surface area contributed by atoms with E-state index in [1.54, 1.807) is 0 Å². The molecule has 0 N–H and O–H groups in total. The average Bonchev–Trinajstić information content (AvgIpc) is 3.88. The maximum Gasteiger partial charge on any atom is 0.164 e. The highest BCUT2D eigenvalue weighted by Crippen LogP contribution is 2.39. The second-order valence-corrected chi connectivity index (χ2v) is 12.7. The summed E-state index contributed by atoms with van der Waals surface area (Å²) in [6.45, 7) is 0. The van der Waals surface area contributed by atoms with E-state index in [0.29, 0.717) is 17.5 Å². The molecule has 238 valence electrons. The van der Waals surface area contributed by atoms with Crippen LogP contribution in [0.5, 0.6) is 0 Å². The number of rotatable bonds is 4. The molecular weight excluding hydrogens is 631 g/mol. The third-order valence-corrected chi connectivity index (χ3v) is 9.77. The Balaban J connectivity index is 1.10. The van der Waals surface area contributed by atoms with Gasteiger partial charge in [0.05, 0.1) is 0 Å². The van der Waals surface area contributed by atoms with Gasteiger partial charge in [-0.3, -0.25) is 0 Å². The number of fused-ring (bicyclic) bond motifs is 9. The number of hydrogen-bond acceptors (Lipinski definition) is 6. The fourth-order valence-corrected chi connectivity index (χ4v) is 7.39. The van der Waals surface area contributed by atoms with Gasteiger partial charge in [0, 0.05) is 49.0 Å². The van der Waals surface area contributed by atoms with Crippen molar-refractivity contribution in [2.45, 2.75) is 0 Å². The number of benzene rings is 7. The molecule has 4 aromatic heterocycles. The summed E-state index contributed by atoms with van der Waals surface area (Å²) >= 11 is 0. The van der Waals surface area contributed by atoms with Crippen LogP contribution in [0.3, 0.4) is 0 Å². The summed E-state index contributed by atoms with van der Waals surface area (Å²) < 4.78 is 18.7. The third kappa shape index (κ3) is 4.33. The molecule has 6 nitrogen and oxygen atoms in total. The molecule has 0 aliphatic carbocycles. The van der Waals surface area contributed by atoms with Crippen LogP contribution in [0.4, 0.5) is 0 Å². The van der Waals surface area contributed by atoms with Gasteiger partial charge >= 0.3 is 0 Å². The normalized spacial score (nSPS) is 11.9. The highest BCUT2D eigenvalue weighted by molar-refractivity contribution is 6.13. The molecule has 7 aromatic carbocycles. The molecule has 11 aromatic rings. The number of para-hydroxylation sites is 3. The molecule has 51 heavy (non-hydrogen) atoms. The van der Waals surface area contributed by atoms with Crippen molar-refractivity contribution in [1.29, 1.82) is 0 Å². The van der Waals surface area contributed by atoms with Crippen molar-refractivity contribution in [3.05, 3.63) is 152 Å². The predicted molar refractivity (Wildman–Crippen MR) is 203 cm³/mol. The van der Waals surface area contributed by atoms with Crippen LogP contribution in [0.15, 0.2) is 165 Å². The zero-order valence-corrected chi connectivity index (χ0v) is 27.0. The van der Waals surface area contributed by atoms with Crippen LogP contribution in [-0.2, 0) is 0 Å². The summed E-state index contributed by atoms with van der Waals surface area (Å²) in [5.74, 6) is 1.69. The lowest BCUT2D eigenvalue weighted by atomic mass is 9.98. The van der Waals surface area contributed by atoms with Crippen molar-refractivity contribution in [3.8, 4) is 45.3 Å². The lowest BCUT2D eigenvalue weighted by molar-refractivity contribution is 0.668. The molecule has 0 atom stereocenters. The fraction of sp³-hybridized carbons (Fsp3) is 0. The molecule has 0 saturated carbocycles. The monoisotopic (exact) mass is 655 g/mol. The first-order chi connectivity index (χ1) is 25.2. The van der Waals surface area contributed by atoms with Gasteiger partial charge in [0.2, 0.25) is 0 Å². The van der Waals surface area contributed by atoms with Crippen LogP contribution >= 0.6 is 0 Å². The quantitative estimate of drug-likeness (QED) is 0.188. The summed E-state index contributed by atoms with van der Waals surface area (Å²) in [6.07, 6.45) is 0. The molecule has 0 aliphatic heterocycles. The van der Waals surface area contributed by atoms with Gasteiger partial charge in [0.25, 0.3) is 0 Å². The van der Waals surface area contributed by atoms with E-state index in [4.69, 9.17) is 28.2 Å². The lowest BCUT2D eigenvalue weighted by Gasteiger charge is -2.10. The first-order valence-electron chi connectivity index (χ1n) is 16.8. The number of aromatic nitrogens is 3. The second kappa shape index (κ2) is 10.7. The van der Waals surface area contributed by atoms with E-state index in [1.807, 2.05) is 84.9 Å². The highest BCUT2D eigenvalue weighted by Gasteiger charge is 2.19. The summed E-state index contributed by atoms with van der Waals surface area (Å²) in [6, 6.07) is 51.1. The Kier molecular flexibility index (Phi) is 5.86. The molecule has 0 bridgehead atoms. The molecule has 6 heteroatoms. The zero-order chi connectivity index (χ0) is 33.5. The zero-order valence-electron chi connectivity index (χ0n) is 27.0. The van der Waals surface area contributed by atoms with Crippen molar-refractivity contribution in [2.24, 2.45) is 0 Å². The molecule has 0 spiro atoms. The van der Waals surface area contributed by atoms with Crippen molar-refractivity contribution in [2.75, 3.05) is 0 Å². The van der Waals surface area contributed by atoms with E-state index in [-0.39, 0.29) is 0 Å². The molecule has 4 heterocycles. The Morgan fingerprint density at radius 3 is 1.43 bits per heavy atom. The van der Waals surface area contributed by atoms with Crippen LogP contribution in [0.1, 0.15) is 0 Å². The Hall–Kier alpha value is -7.05. The van der Waals surface area contributed by atoms with E-state index in [2.05, 4.69) is 66.7 Å². The van der Waals surface area contributed by atoms with Crippen LogP contribution in [0, 0.1) is 0 Å². The van der Waals surface area contributed by atoms with Crippen molar-refractivity contribution in [1.82, 2.24) is 15.0 Å². The first-order valence-corrected chi connectivity index (χ1v) is 16.8. The van der Waals surface area contributed by atoms with E-state index in [0.717, 1.165) is 93.6 Å². The maximum atomic E-state index is 6.26. The molecule has 0 unspecified atom stereocenters. The number of nitrogens with zero attached hydrogens (tertiary/aromatic N) is 3. The number of hydrogen-bond donors (Lipinski definition) is 0. The topological polar surface area (TPSA) is 78.1 Å². The van der Waals surface area contributed by atoms with E-state index >= 15 is 0 Å². The SMILES string of the molecule is c1ccc2c(c1)oc1cc(-c3nc(-c4ccc(-c5cccc6oc7ccccc7c56)cc4)nc(-c4cccc5oc6ccccc6c45)n3)ccc12. The maximum absolute atomic E-state index is 6.26. The molecular formula is C45H25N3O3. The van der Waals surface area contributed by atoms with Gasteiger partial charge in [-0.15, -0.1) is 0 Å². The summed E-state index contributed by atoms with van der Waals surface area (Å²) in [4.78, 5) is 15.3. The fourth-order valence-electron chi connectivity index (χ4n) is 7.39. The molecule has 0 radical (unpaired) electrons. The molecule has 0 saturated heterocycles. The Bertz CT molecular complexity index is 3150. The van der Waals surface area contributed by atoms with Gasteiger partial charge in [0.1, 0.15) is 33.5 Å². The lowest BCUT2D eigenvalue weighted by Crippen LogP contribution is -2.00. The second-order valence-electron chi connectivity index (χ2n) is 12.7. The van der Waals surface area contributed by atoms with Gasteiger partial charge in [-0.05, 0) is 53.6 Å². The summed E-state index contributed by atoms with van der Waals surface area (Å²) in [5.41, 5.74) is 9.76. The molecule has 0 amide bonds. The van der Waals surface area contributed by atoms with Gasteiger partial charge in [-0.2, -0.15) is 0 Å². The van der Waals surface area contributed by atoms with Gasteiger partial charge in [-0.25, -0.2) is 15.0 Å². The highest BCUT2D eigenvalue weighted by atomic mass is 16.3. The molecule has 0 aliphatic rings. The van der Waals surface area contributed by atoms with E-state index in [1.165, 1.54) is 0 Å². The summed E-state index contributed by atoms with van der Waals surface area (Å²) in [7, 11) is 0. The molecule has 11 rings (SSSR count). The minimum atomic E-state index is 0.556. The van der Waals surface area contributed by atoms with Crippen molar-refractivity contribution >= 4 is 65.8 Å².